The van der Waals surface area contributed by atoms with E-state index in [0.29, 0.717) is 38.0 Å². The van der Waals surface area contributed by atoms with Crippen LogP contribution in [-0.2, 0) is 44.7 Å². The molecule has 0 radical (unpaired) electrons. The Bertz CT molecular complexity index is 1690. The number of carbonyl (C=O) groups is 6. The highest BCUT2D eigenvalue weighted by Gasteiger charge is 2.43. The highest BCUT2D eigenvalue weighted by atomic mass is 32.2. The molecule has 3 aliphatic rings. The Labute approximate surface area is 353 Å². The van der Waals surface area contributed by atoms with Gasteiger partial charge in [-0.15, -0.1) is 24.9 Å². The Morgan fingerprint density at radius 3 is 2.14 bits per heavy atom. The van der Waals surface area contributed by atoms with Crippen LogP contribution in [0.15, 0.2) is 55.6 Å². The number of amides is 6. The summed E-state index contributed by atoms with van der Waals surface area (Å²) in [5.74, 6) is -3.34. The standard InChI is InChI=1S/C43H65N7O8S/c1-11-25(4)33-38(54)44-26(5)41(56)50-21-17-20-32(50)37(53)45-29(22-28-18-15-14-16-19-28)40-47-31(24-59-40)36(52)49-34(27(6)58-43(9,10)13-3)39(55)46-30(35(51)48-33)23-57-42(7,8)12-2/h12-16,18-19,25-27,29-34,40,47H,2-3,11,17,20-24H2,1,4-10H3,(H,44,54)(H,45,53)(H,46,55)(H,48,51)(H,49,52)/t25-,26?,27+,29?,30-,31?,32-,33-,34?,40?/m0/s1. The number of ether oxygens (including phenoxy) is 2. The van der Waals surface area contributed by atoms with Gasteiger partial charge >= 0.3 is 0 Å². The summed E-state index contributed by atoms with van der Waals surface area (Å²) in [6.07, 6.45) is 4.20. The van der Waals surface area contributed by atoms with Gasteiger partial charge < -0.3 is 41.0 Å². The van der Waals surface area contributed by atoms with E-state index >= 15 is 0 Å². The number of hydrogen-bond acceptors (Lipinski definition) is 10. The molecule has 326 valence electrons. The molecular formula is C43H65N7O8S. The van der Waals surface area contributed by atoms with Crippen molar-refractivity contribution < 1.29 is 38.2 Å². The summed E-state index contributed by atoms with van der Waals surface area (Å²) in [6.45, 7) is 21.6. The maximum absolute atomic E-state index is 14.4. The van der Waals surface area contributed by atoms with Gasteiger partial charge in [0, 0.05) is 12.3 Å². The summed E-state index contributed by atoms with van der Waals surface area (Å²) in [7, 11) is 0. The van der Waals surface area contributed by atoms with Crippen molar-refractivity contribution in [3.05, 3.63) is 61.2 Å². The quantitative estimate of drug-likeness (QED) is 0.170. The fraction of sp³-hybridized carbons (Fsp3) is 0.628. The minimum atomic E-state index is -1.33. The lowest BCUT2D eigenvalue weighted by Gasteiger charge is -2.33. The van der Waals surface area contributed by atoms with Gasteiger partial charge in [0.15, 0.2) is 0 Å². The van der Waals surface area contributed by atoms with Crippen LogP contribution in [0.2, 0.25) is 0 Å². The van der Waals surface area contributed by atoms with E-state index in [1.165, 1.54) is 16.7 Å². The Balaban J connectivity index is 1.76. The summed E-state index contributed by atoms with van der Waals surface area (Å²) >= 11 is 1.47. The molecule has 3 heterocycles. The zero-order valence-corrected chi connectivity index (χ0v) is 36.6. The first kappa shape index (κ1) is 47.4. The molecule has 4 rings (SSSR count). The van der Waals surface area contributed by atoms with Gasteiger partial charge in [-0.05, 0) is 72.3 Å². The Morgan fingerprint density at radius 2 is 1.49 bits per heavy atom. The van der Waals surface area contributed by atoms with Crippen LogP contribution in [0.25, 0.3) is 0 Å². The number of fused-ring (bicyclic) bond motifs is 3. The van der Waals surface area contributed by atoms with E-state index in [4.69, 9.17) is 9.47 Å². The minimum absolute atomic E-state index is 0.308. The van der Waals surface area contributed by atoms with Crippen molar-refractivity contribution in [1.82, 2.24) is 36.8 Å². The minimum Gasteiger partial charge on any atom is -0.369 e. The number of benzene rings is 1. The normalized spacial score (nSPS) is 29.1. The molecule has 6 N–H and O–H groups in total. The zero-order valence-electron chi connectivity index (χ0n) is 35.8. The molecule has 3 saturated heterocycles. The zero-order chi connectivity index (χ0) is 43.7. The molecule has 0 aliphatic carbocycles. The number of rotatable bonds is 12. The summed E-state index contributed by atoms with van der Waals surface area (Å²) in [5, 5.41) is 17.4. The first-order valence-electron chi connectivity index (χ1n) is 20.6. The molecule has 0 saturated carbocycles. The van der Waals surface area contributed by atoms with Crippen molar-refractivity contribution in [2.75, 3.05) is 18.9 Å². The second kappa shape index (κ2) is 20.8. The Morgan fingerprint density at radius 1 is 0.847 bits per heavy atom. The molecule has 59 heavy (non-hydrogen) atoms. The molecule has 16 heteroatoms. The first-order chi connectivity index (χ1) is 27.8. The summed E-state index contributed by atoms with van der Waals surface area (Å²) < 4.78 is 12.2. The van der Waals surface area contributed by atoms with Crippen molar-refractivity contribution in [3.8, 4) is 0 Å². The molecule has 1 aromatic carbocycles. The monoisotopic (exact) mass is 839 g/mol. The van der Waals surface area contributed by atoms with Crippen molar-refractivity contribution in [1.29, 1.82) is 0 Å². The van der Waals surface area contributed by atoms with E-state index in [1.54, 1.807) is 60.6 Å². The Hall–Kier alpha value is -4.25. The summed E-state index contributed by atoms with van der Waals surface area (Å²) in [6, 6.07) is 2.88. The van der Waals surface area contributed by atoms with Crippen LogP contribution in [0.5, 0.6) is 0 Å². The molecular weight excluding hydrogens is 775 g/mol. The molecule has 15 nitrogen and oxygen atoms in total. The molecule has 1 aromatic rings. The largest absolute Gasteiger partial charge is 0.369 e. The molecule has 0 spiro atoms. The van der Waals surface area contributed by atoms with Crippen molar-refractivity contribution in [2.24, 2.45) is 5.92 Å². The van der Waals surface area contributed by atoms with E-state index in [-0.39, 0.29) is 18.4 Å². The number of carbonyl (C=O) groups excluding carboxylic acids is 6. The fourth-order valence-electron chi connectivity index (χ4n) is 7.18. The predicted octanol–water partition coefficient (Wildman–Crippen LogP) is 2.11. The van der Waals surface area contributed by atoms with Crippen molar-refractivity contribution >= 4 is 47.2 Å². The van der Waals surface area contributed by atoms with E-state index in [9.17, 15) is 28.8 Å². The van der Waals surface area contributed by atoms with E-state index in [2.05, 4.69) is 45.1 Å². The summed E-state index contributed by atoms with van der Waals surface area (Å²) in [4.78, 5) is 86.2. The first-order valence-corrected chi connectivity index (χ1v) is 21.7. The van der Waals surface area contributed by atoms with Crippen LogP contribution in [0.3, 0.4) is 0 Å². The third-order valence-electron chi connectivity index (χ3n) is 11.3. The van der Waals surface area contributed by atoms with Crippen LogP contribution in [0.1, 0.15) is 80.2 Å². The lowest BCUT2D eigenvalue weighted by atomic mass is 9.97. The van der Waals surface area contributed by atoms with Crippen molar-refractivity contribution in [2.45, 2.75) is 146 Å². The maximum Gasteiger partial charge on any atom is 0.245 e. The third kappa shape index (κ3) is 12.9. The second-order valence-corrected chi connectivity index (χ2v) is 18.0. The van der Waals surface area contributed by atoms with E-state index in [1.807, 2.05) is 37.3 Å². The van der Waals surface area contributed by atoms with Crippen LogP contribution in [0.4, 0.5) is 0 Å². The van der Waals surface area contributed by atoms with Gasteiger partial charge in [0.1, 0.15) is 30.2 Å². The van der Waals surface area contributed by atoms with Crippen LogP contribution in [-0.4, -0.2) is 124 Å². The number of thioether (sulfide) groups is 1. The molecule has 6 amide bonds. The fourth-order valence-corrected chi connectivity index (χ4v) is 8.48. The van der Waals surface area contributed by atoms with Crippen LogP contribution in [0, 0.1) is 5.92 Å². The molecule has 3 fully saturated rings. The maximum atomic E-state index is 14.4. The number of nitrogens with zero attached hydrogens (tertiary/aromatic N) is 1. The van der Waals surface area contributed by atoms with Gasteiger partial charge in [-0.2, -0.15) is 0 Å². The van der Waals surface area contributed by atoms with Crippen LogP contribution < -0.4 is 31.9 Å². The molecule has 5 unspecified atom stereocenters. The molecule has 3 aliphatic heterocycles. The smallest absolute Gasteiger partial charge is 0.245 e. The van der Waals surface area contributed by atoms with Gasteiger partial charge in [0.25, 0.3) is 0 Å². The molecule has 0 aromatic heterocycles. The highest BCUT2D eigenvalue weighted by Crippen LogP contribution is 2.26. The lowest BCUT2D eigenvalue weighted by Crippen LogP contribution is -2.63. The third-order valence-corrected chi connectivity index (χ3v) is 12.6. The lowest BCUT2D eigenvalue weighted by molar-refractivity contribution is -0.142. The highest BCUT2D eigenvalue weighted by molar-refractivity contribution is 8.00. The van der Waals surface area contributed by atoms with Gasteiger partial charge in [0.05, 0.1) is 41.4 Å². The number of nitrogens with one attached hydrogen (secondary N) is 6. The van der Waals surface area contributed by atoms with Crippen molar-refractivity contribution in [3.63, 3.8) is 0 Å². The average molecular weight is 840 g/mol. The molecule has 10 atom stereocenters. The predicted molar refractivity (Wildman–Crippen MR) is 228 cm³/mol. The summed E-state index contributed by atoms with van der Waals surface area (Å²) in [5.41, 5.74) is -0.811. The average Bonchev–Trinajstić information content (AvgIpc) is 3.91. The van der Waals surface area contributed by atoms with E-state index in [0.717, 1.165) is 5.56 Å². The Kier molecular flexibility index (Phi) is 16.7. The van der Waals surface area contributed by atoms with Gasteiger partial charge in [0.2, 0.25) is 35.4 Å². The SMILES string of the molecule is C=CC(C)(C)OC[C@@H]1NC(=O)C([C@@H](C)OC(C)(C)C=C)NC(=O)C2CSC(N2)C(Cc2ccccc2)NC(=O)[C@@H]2CCCN2C(=O)C(C)NC(=O)[C@H]([C@@H](C)CC)NC1=O. The second-order valence-electron chi connectivity index (χ2n) is 16.9. The van der Waals surface area contributed by atoms with Gasteiger partial charge in [-0.25, -0.2) is 0 Å². The van der Waals surface area contributed by atoms with Gasteiger partial charge in [-0.3, -0.25) is 34.1 Å². The molecule has 2 bridgehead atoms. The van der Waals surface area contributed by atoms with Crippen LogP contribution >= 0.6 is 11.8 Å². The van der Waals surface area contributed by atoms with E-state index < -0.39 is 94.5 Å². The van der Waals surface area contributed by atoms with Gasteiger partial charge in [-0.1, -0.05) is 62.8 Å². The number of hydrogen-bond donors (Lipinski definition) is 6. The topological polar surface area (TPSA) is 196 Å².